The van der Waals surface area contributed by atoms with Crippen molar-refractivity contribution < 1.29 is 9.72 Å². The Morgan fingerprint density at radius 2 is 2.25 bits per heavy atom. The van der Waals surface area contributed by atoms with E-state index in [9.17, 15) is 14.9 Å². The van der Waals surface area contributed by atoms with Gasteiger partial charge in [-0.2, -0.15) is 0 Å². The lowest BCUT2D eigenvalue weighted by atomic mass is 10.0. The summed E-state index contributed by atoms with van der Waals surface area (Å²) < 4.78 is 0. The third kappa shape index (κ3) is 1.70. The van der Waals surface area contributed by atoms with Crippen LogP contribution >= 0.6 is 23.4 Å². The van der Waals surface area contributed by atoms with Gasteiger partial charge in [-0.15, -0.1) is 11.8 Å². The van der Waals surface area contributed by atoms with Crippen LogP contribution in [0.15, 0.2) is 11.0 Å². The Labute approximate surface area is 101 Å². The second kappa shape index (κ2) is 4.07. The molecule has 1 aromatic carbocycles. The van der Waals surface area contributed by atoms with E-state index in [0.29, 0.717) is 33.2 Å². The van der Waals surface area contributed by atoms with Gasteiger partial charge in [0.1, 0.15) is 0 Å². The molecule has 0 radical (unpaired) electrons. The van der Waals surface area contributed by atoms with Crippen molar-refractivity contribution >= 4 is 34.8 Å². The average Bonchev–Trinajstić information content (AvgIpc) is 2.22. The summed E-state index contributed by atoms with van der Waals surface area (Å²) >= 11 is 7.43. The Bertz CT molecular complexity index is 501. The highest BCUT2D eigenvalue weighted by atomic mass is 35.5. The van der Waals surface area contributed by atoms with Crippen molar-refractivity contribution in [2.24, 2.45) is 0 Å². The third-order valence-electron chi connectivity index (χ3n) is 2.52. The number of hydrogen-bond donors (Lipinski definition) is 0. The lowest BCUT2D eigenvalue weighted by molar-refractivity contribution is -0.385. The van der Waals surface area contributed by atoms with Crippen molar-refractivity contribution in [3.05, 3.63) is 32.3 Å². The van der Waals surface area contributed by atoms with Gasteiger partial charge in [-0.25, -0.2) is 0 Å². The number of thioether (sulfide) groups is 1. The van der Waals surface area contributed by atoms with Crippen LogP contribution in [0, 0.1) is 17.0 Å². The van der Waals surface area contributed by atoms with Crippen LogP contribution in [-0.2, 0) is 0 Å². The van der Waals surface area contributed by atoms with Gasteiger partial charge in [0.05, 0.1) is 9.95 Å². The molecule has 6 heteroatoms. The van der Waals surface area contributed by atoms with Crippen molar-refractivity contribution in [2.75, 3.05) is 5.75 Å². The van der Waals surface area contributed by atoms with Gasteiger partial charge in [-0.1, -0.05) is 11.6 Å². The maximum Gasteiger partial charge on any atom is 0.274 e. The maximum absolute atomic E-state index is 11.7. The lowest BCUT2D eigenvalue weighted by Gasteiger charge is -2.17. The molecule has 0 spiro atoms. The molecule has 0 saturated heterocycles. The Balaban J connectivity index is 2.74. The number of hydrogen-bond acceptors (Lipinski definition) is 4. The first kappa shape index (κ1) is 11.4. The van der Waals surface area contributed by atoms with E-state index in [1.165, 1.54) is 17.8 Å². The lowest BCUT2D eigenvalue weighted by Crippen LogP contribution is -2.12. The molecule has 1 aliphatic rings. The van der Waals surface area contributed by atoms with Crippen LogP contribution in [0.3, 0.4) is 0 Å². The monoisotopic (exact) mass is 257 g/mol. The van der Waals surface area contributed by atoms with Gasteiger partial charge < -0.3 is 0 Å². The Morgan fingerprint density at radius 1 is 1.56 bits per heavy atom. The van der Waals surface area contributed by atoms with E-state index in [1.807, 2.05) is 0 Å². The Morgan fingerprint density at radius 3 is 2.88 bits per heavy atom. The predicted molar refractivity (Wildman–Crippen MR) is 62.5 cm³/mol. The standard InChI is InChI=1S/C10H8ClNO3S/c1-5-7(12(14)15)4-6(11)10-9(5)8(13)2-3-16-10/h4H,2-3H2,1H3. The number of carbonyl (C=O) groups is 1. The zero-order valence-corrected chi connectivity index (χ0v) is 10.0. The number of Topliss-reactive ketones (excluding diaryl/α,β-unsaturated/α-hetero) is 1. The fourth-order valence-corrected chi connectivity index (χ4v) is 3.21. The minimum absolute atomic E-state index is 0.0585. The van der Waals surface area contributed by atoms with Crippen LogP contribution in [0.25, 0.3) is 0 Å². The number of fused-ring (bicyclic) bond motifs is 1. The second-order valence-electron chi connectivity index (χ2n) is 3.49. The van der Waals surface area contributed by atoms with Crippen molar-refractivity contribution in [3.63, 3.8) is 0 Å². The summed E-state index contributed by atoms with van der Waals surface area (Å²) in [5.41, 5.74) is 0.761. The van der Waals surface area contributed by atoms with Crippen LogP contribution in [0.1, 0.15) is 22.3 Å². The second-order valence-corrected chi connectivity index (χ2v) is 5.00. The number of benzene rings is 1. The van der Waals surface area contributed by atoms with Gasteiger partial charge in [0.2, 0.25) is 0 Å². The molecule has 0 fully saturated rings. The Kier molecular flexibility index (Phi) is 2.90. The fraction of sp³-hybridized carbons (Fsp3) is 0.300. The van der Waals surface area contributed by atoms with Crippen LogP contribution in [-0.4, -0.2) is 16.5 Å². The van der Waals surface area contributed by atoms with Crippen molar-refractivity contribution in [2.45, 2.75) is 18.2 Å². The number of nitro groups is 1. The number of nitro benzene ring substituents is 1. The molecule has 2 rings (SSSR count). The van der Waals surface area contributed by atoms with E-state index in [4.69, 9.17) is 11.6 Å². The molecular weight excluding hydrogens is 250 g/mol. The van der Waals surface area contributed by atoms with Crippen molar-refractivity contribution in [3.8, 4) is 0 Å². The summed E-state index contributed by atoms with van der Waals surface area (Å²) in [4.78, 5) is 22.7. The summed E-state index contributed by atoms with van der Waals surface area (Å²) in [6, 6.07) is 1.32. The summed E-state index contributed by atoms with van der Waals surface area (Å²) in [5.74, 6) is 0.625. The molecule has 0 bridgehead atoms. The SMILES string of the molecule is Cc1c([N+](=O)[O-])cc(Cl)c2c1C(=O)CCS2. The molecule has 0 N–H and O–H groups in total. The largest absolute Gasteiger partial charge is 0.294 e. The average molecular weight is 258 g/mol. The minimum Gasteiger partial charge on any atom is -0.294 e. The first-order chi connectivity index (χ1) is 7.52. The van der Waals surface area contributed by atoms with Gasteiger partial charge in [0, 0.05) is 34.3 Å². The zero-order chi connectivity index (χ0) is 11.9. The highest BCUT2D eigenvalue weighted by molar-refractivity contribution is 7.99. The number of rotatable bonds is 1. The van der Waals surface area contributed by atoms with Crippen LogP contribution in [0.2, 0.25) is 5.02 Å². The van der Waals surface area contributed by atoms with Gasteiger partial charge in [-0.3, -0.25) is 14.9 Å². The van der Waals surface area contributed by atoms with Crippen LogP contribution < -0.4 is 0 Å². The van der Waals surface area contributed by atoms with E-state index in [2.05, 4.69) is 0 Å². The molecule has 0 unspecified atom stereocenters. The van der Waals surface area contributed by atoms with E-state index < -0.39 is 4.92 Å². The summed E-state index contributed by atoms with van der Waals surface area (Å²) in [6.45, 7) is 1.59. The van der Waals surface area contributed by atoms with Crippen LogP contribution in [0.5, 0.6) is 0 Å². The van der Waals surface area contributed by atoms with Gasteiger partial charge >= 0.3 is 0 Å². The fourth-order valence-electron chi connectivity index (χ4n) is 1.75. The quantitative estimate of drug-likeness (QED) is 0.572. The molecule has 0 saturated carbocycles. The van der Waals surface area contributed by atoms with Gasteiger partial charge in [0.25, 0.3) is 5.69 Å². The minimum atomic E-state index is -0.506. The van der Waals surface area contributed by atoms with Crippen molar-refractivity contribution in [1.29, 1.82) is 0 Å². The molecular formula is C10H8ClNO3S. The van der Waals surface area contributed by atoms with E-state index in [1.54, 1.807) is 6.92 Å². The van der Waals surface area contributed by atoms with E-state index >= 15 is 0 Å². The molecule has 1 heterocycles. The summed E-state index contributed by atoms with van der Waals surface area (Å²) in [6.07, 6.45) is 0.413. The molecule has 16 heavy (non-hydrogen) atoms. The third-order valence-corrected chi connectivity index (χ3v) is 4.05. The molecule has 84 valence electrons. The zero-order valence-electron chi connectivity index (χ0n) is 8.45. The topological polar surface area (TPSA) is 60.2 Å². The normalized spacial score (nSPS) is 14.8. The van der Waals surface area contributed by atoms with Crippen molar-refractivity contribution in [1.82, 2.24) is 0 Å². The number of carbonyl (C=O) groups excluding carboxylic acids is 1. The highest BCUT2D eigenvalue weighted by Gasteiger charge is 2.28. The maximum atomic E-state index is 11.7. The molecule has 0 amide bonds. The smallest absolute Gasteiger partial charge is 0.274 e. The number of nitrogens with zero attached hydrogens (tertiary/aromatic N) is 1. The first-order valence-electron chi connectivity index (χ1n) is 4.66. The number of halogens is 1. The highest BCUT2D eigenvalue weighted by Crippen LogP contribution is 2.41. The summed E-state index contributed by atoms with van der Waals surface area (Å²) in [7, 11) is 0. The predicted octanol–water partition coefficient (Wildman–Crippen LogP) is 3.24. The van der Waals surface area contributed by atoms with Crippen LogP contribution in [0.4, 0.5) is 5.69 Å². The first-order valence-corrected chi connectivity index (χ1v) is 6.02. The molecule has 4 nitrogen and oxygen atoms in total. The molecule has 0 aliphatic carbocycles. The number of ketones is 1. The summed E-state index contributed by atoms with van der Waals surface area (Å²) in [5, 5.41) is 11.1. The molecule has 1 aliphatic heterocycles. The molecule has 0 aromatic heterocycles. The Hall–Kier alpha value is -1.07. The van der Waals surface area contributed by atoms with Gasteiger partial charge in [0.15, 0.2) is 5.78 Å². The molecule has 1 aromatic rings. The van der Waals surface area contributed by atoms with E-state index in [-0.39, 0.29) is 11.5 Å². The van der Waals surface area contributed by atoms with E-state index in [0.717, 1.165) is 0 Å². The molecule has 0 atom stereocenters. The van der Waals surface area contributed by atoms with Gasteiger partial charge in [-0.05, 0) is 6.92 Å².